The highest BCUT2D eigenvalue weighted by molar-refractivity contribution is 5.97. The Labute approximate surface area is 91.4 Å². The second-order valence-corrected chi connectivity index (χ2v) is 3.04. The number of aliphatic carboxylic acids is 1. The maximum atomic E-state index is 13.3. The summed E-state index contributed by atoms with van der Waals surface area (Å²) >= 11 is 0. The molecule has 4 nitrogen and oxygen atoms in total. The first-order valence-corrected chi connectivity index (χ1v) is 4.48. The van der Waals surface area contributed by atoms with Gasteiger partial charge >= 0.3 is 5.97 Å². The lowest BCUT2D eigenvalue weighted by molar-refractivity contribution is -0.134. The lowest BCUT2D eigenvalue weighted by atomic mass is 10.1. The Hall–Kier alpha value is -2.17. The number of rotatable bonds is 3. The fraction of sp³-hybridized carbons (Fsp3) is 0.0909. The van der Waals surface area contributed by atoms with E-state index in [0.717, 1.165) is 0 Å². The number of carboxylic acids is 1. The Morgan fingerprint density at radius 2 is 1.81 bits per heavy atom. The van der Waals surface area contributed by atoms with Gasteiger partial charge in [0, 0.05) is 12.5 Å². The Bertz CT molecular complexity index is 440. The third-order valence-electron chi connectivity index (χ3n) is 1.77. The molecule has 0 radical (unpaired) electrons. The predicted molar refractivity (Wildman–Crippen MR) is 55.9 cm³/mol. The van der Waals surface area contributed by atoms with Crippen molar-refractivity contribution in [3.63, 3.8) is 0 Å². The quantitative estimate of drug-likeness (QED) is 0.764. The van der Waals surface area contributed by atoms with Gasteiger partial charge < -0.3 is 10.4 Å². The monoisotopic (exact) mass is 223 g/mol. The highest BCUT2D eigenvalue weighted by atomic mass is 19.1. The molecule has 1 amide bonds. The standard InChI is InChI=1S/C11H10FNO3/c1-7(14)13-10(9(12)11(15)16)8-5-3-2-4-6-8/h2-6H,1H3,(H,13,14)(H,15,16)/b10-9+. The van der Waals surface area contributed by atoms with Crippen LogP contribution in [0.4, 0.5) is 4.39 Å². The maximum absolute atomic E-state index is 13.3. The summed E-state index contributed by atoms with van der Waals surface area (Å²) in [5, 5.41) is 10.7. The van der Waals surface area contributed by atoms with E-state index >= 15 is 0 Å². The van der Waals surface area contributed by atoms with E-state index in [1.807, 2.05) is 0 Å². The van der Waals surface area contributed by atoms with Crippen LogP contribution in [0.1, 0.15) is 12.5 Å². The van der Waals surface area contributed by atoms with Gasteiger partial charge in [-0.3, -0.25) is 4.79 Å². The number of halogens is 1. The smallest absolute Gasteiger partial charge is 0.366 e. The average molecular weight is 223 g/mol. The molecule has 0 spiro atoms. The van der Waals surface area contributed by atoms with Crippen LogP contribution in [-0.4, -0.2) is 17.0 Å². The molecule has 0 unspecified atom stereocenters. The molecule has 16 heavy (non-hydrogen) atoms. The number of benzene rings is 1. The molecule has 0 bridgehead atoms. The molecule has 2 N–H and O–H groups in total. The van der Waals surface area contributed by atoms with Crippen LogP contribution in [0.2, 0.25) is 0 Å². The zero-order valence-electron chi connectivity index (χ0n) is 8.53. The van der Waals surface area contributed by atoms with Crippen LogP contribution in [0, 0.1) is 0 Å². The lowest BCUT2D eigenvalue weighted by Crippen LogP contribution is -2.20. The normalized spacial score (nSPS) is 11.6. The SMILES string of the molecule is CC(=O)N/C(=C(/F)C(=O)O)c1ccccc1. The third-order valence-corrected chi connectivity index (χ3v) is 1.77. The van der Waals surface area contributed by atoms with E-state index in [1.54, 1.807) is 18.2 Å². The average Bonchev–Trinajstić information content (AvgIpc) is 2.26. The summed E-state index contributed by atoms with van der Waals surface area (Å²) in [6, 6.07) is 7.95. The third kappa shape index (κ3) is 2.91. The van der Waals surface area contributed by atoms with Crippen LogP contribution in [0.3, 0.4) is 0 Å². The van der Waals surface area contributed by atoms with Gasteiger partial charge in [0.25, 0.3) is 0 Å². The number of nitrogens with one attached hydrogen (secondary N) is 1. The highest BCUT2D eigenvalue weighted by Crippen LogP contribution is 2.17. The van der Waals surface area contributed by atoms with Crippen molar-refractivity contribution in [2.45, 2.75) is 6.92 Å². The fourth-order valence-electron chi connectivity index (χ4n) is 1.14. The highest BCUT2D eigenvalue weighted by Gasteiger charge is 2.16. The van der Waals surface area contributed by atoms with Crippen LogP contribution in [0.15, 0.2) is 36.2 Å². The van der Waals surface area contributed by atoms with Gasteiger partial charge in [-0.1, -0.05) is 30.3 Å². The number of carboxylic acid groups (broad SMARTS) is 1. The molecule has 0 saturated heterocycles. The summed E-state index contributed by atoms with van der Waals surface area (Å²) < 4.78 is 13.3. The molecule has 0 aromatic heterocycles. The van der Waals surface area contributed by atoms with Crippen molar-refractivity contribution in [2.75, 3.05) is 0 Å². The van der Waals surface area contributed by atoms with Gasteiger partial charge in [-0.2, -0.15) is 4.39 Å². The van der Waals surface area contributed by atoms with Crippen LogP contribution >= 0.6 is 0 Å². The maximum Gasteiger partial charge on any atom is 0.366 e. The van der Waals surface area contributed by atoms with Crippen molar-refractivity contribution >= 4 is 17.6 Å². The molecule has 0 fully saturated rings. The minimum atomic E-state index is -1.72. The molecule has 5 heteroatoms. The number of hydrogen-bond acceptors (Lipinski definition) is 2. The molecule has 0 aliphatic heterocycles. The molecule has 0 heterocycles. The second kappa shape index (κ2) is 5.06. The molecular formula is C11H10FNO3. The zero-order valence-corrected chi connectivity index (χ0v) is 8.53. The number of carbonyl (C=O) groups excluding carboxylic acids is 1. The van der Waals surface area contributed by atoms with Crippen molar-refractivity contribution in [2.24, 2.45) is 0 Å². The zero-order chi connectivity index (χ0) is 12.1. The largest absolute Gasteiger partial charge is 0.476 e. The first-order chi connectivity index (χ1) is 7.52. The number of amides is 1. The van der Waals surface area contributed by atoms with E-state index in [0.29, 0.717) is 5.56 Å². The van der Waals surface area contributed by atoms with Gasteiger partial charge in [0.15, 0.2) is 0 Å². The van der Waals surface area contributed by atoms with Crippen LogP contribution in [-0.2, 0) is 9.59 Å². The Morgan fingerprint density at radius 1 is 1.25 bits per heavy atom. The second-order valence-electron chi connectivity index (χ2n) is 3.04. The van der Waals surface area contributed by atoms with Gasteiger partial charge in [-0.05, 0) is 0 Å². The molecule has 1 aromatic rings. The summed E-state index contributed by atoms with van der Waals surface area (Å²) in [4.78, 5) is 21.4. The van der Waals surface area contributed by atoms with E-state index in [9.17, 15) is 14.0 Å². The van der Waals surface area contributed by atoms with Crippen molar-refractivity contribution < 1.29 is 19.1 Å². The molecule has 0 atom stereocenters. The van der Waals surface area contributed by atoms with Crippen molar-refractivity contribution in [3.8, 4) is 0 Å². The number of hydrogen-bond donors (Lipinski definition) is 2. The van der Waals surface area contributed by atoms with Crippen molar-refractivity contribution in [1.82, 2.24) is 5.32 Å². The lowest BCUT2D eigenvalue weighted by Gasteiger charge is -2.08. The van der Waals surface area contributed by atoms with E-state index in [-0.39, 0.29) is 5.70 Å². The molecular weight excluding hydrogens is 213 g/mol. The van der Waals surface area contributed by atoms with Gasteiger partial charge in [-0.15, -0.1) is 0 Å². The minimum Gasteiger partial charge on any atom is -0.476 e. The summed E-state index contributed by atoms with van der Waals surface area (Å²) in [5.41, 5.74) is -0.0294. The van der Waals surface area contributed by atoms with Crippen LogP contribution < -0.4 is 5.32 Å². The summed E-state index contributed by atoms with van der Waals surface area (Å²) in [6.45, 7) is 1.18. The molecule has 0 aliphatic carbocycles. The van der Waals surface area contributed by atoms with E-state index in [4.69, 9.17) is 5.11 Å². The molecule has 84 valence electrons. The molecule has 0 aliphatic rings. The van der Waals surface area contributed by atoms with E-state index in [1.165, 1.54) is 19.1 Å². The van der Waals surface area contributed by atoms with E-state index in [2.05, 4.69) is 5.32 Å². The number of carbonyl (C=O) groups is 2. The van der Waals surface area contributed by atoms with Gasteiger partial charge in [-0.25, -0.2) is 4.79 Å². The van der Waals surface area contributed by atoms with Crippen LogP contribution in [0.25, 0.3) is 5.70 Å². The Morgan fingerprint density at radius 3 is 2.25 bits per heavy atom. The minimum absolute atomic E-state index is 0.303. The van der Waals surface area contributed by atoms with Crippen molar-refractivity contribution in [1.29, 1.82) is 0 Å². The molecule has 1 aromatic carbocycles. The first-order valence-electron chi connectivity index (χ1n) is 4.48. The fourth-order valence-corrected chi connectivity index (χ4v) is 1.14. The van der Waals surface area contributed by atoms with E-state index < -0.39 is 17.7 Å². The summed E-state index contributed by atoms with van der Waals surface area (Å²) in [6.07, 6.45) is 0. The first kappa shape index (κ1) is 11.9. The van der Waals surface area contributed by atoms with Crippen LogP contribution in [0.5, 0.6) is 0 Å². The molecule has 0 saturated carbocycles. The summed E-state index contributed by atoms with van der Waals surface area (Å²) in [7, 11) is 0. The van der Waals surface area contributed by atoms with Gasteiger partial charge in [0.2, 0.25) is 11.7 Å². The predicted octanol–water partition coefficient (Wildman–Crippen LogP) is 1.55. The van der Waals surface area contributed by atoms with Gasteiger partial charge in [0.1, 0.15) is 0 Å². The Kier molecular flexibility index (Phi) is 3.77. The Balaban J connectivity index is 3.21. The topological polar surface area (TPSA) is 66.4 Å². The molecule has 1 rings (SSSR count). The van der Waals surface area contributed by atoms with Gasteiger partial charge in [0.05, 0.1) is 5.70 Å². The summed E-state index contributed by atoms with van der Waals surface area (Å²) in [5.74, 6) is -3.63. The van der Waals surface area contributed by atoms with Crippen molar-refractivity contribution in [3.05, 3.63) is 41.7 Å².